The fourth-order valence-electron chi connectivity index (χ4n) is 5.33. The second kappa shape index (κ2) is 8.67. The topological polar surface area (TPSA) is 18.5 Å². The van der Waals surface area contributed by atoms with Crippen LogP contribution in [0.4, 0.5) is 39.5 Å². The maximum Gasteiger partial charge on any atom is 0.416 e. The Morgan fingerprint density at radius 2 is 1.10 bits per heavy atom. The Morgan fingerprint density at radius 1 is 0.500 bits per heavy atom. The van der Waals surface area contributed by atoms with Gasteiger partial charge in [-0.1, -0.05) is 42.5 Å². The second-order valence-corrected chi connectivity index (χ2v) is 9.42. The van der Waals surface area contributed by atoms with Crippen molar-refractivity contribution >= 4 is 0 Å². The summed E-state index contributed by atoms with van der Waals surface area (Å²) in [6.07, 6.45) is -14.7. The molecule has 0 amide bonds. The van der Waals surface area contributed by atoms with E-state index in [9.17, 15) is 39.5 Å². The molecule has 4 aromatic carbocycles. The molecule has 2 heterocycles. The quantitative estimate of drug-likeness (QED) is 0.214. The molecule has 0 aromatic heterocycles. The van der Waals surface area contributed by atoms with E-state index in [1.54, 1.807) is 0 Å². The van der Waals surface area contributed by atoms with Gasteiger partial charge in [0.05, 0.1) is 5.56 Å². The summed E-state index contributed by atoms with van der Waals surface area (Å²) in [5.41, 5.74) is -3.30. The summed E-state index contributed by atoms with van der Waals surface area (Å²) in [6.45, 7) is 0. The number of ether oxygens (including phenoxy) is 2. The van der Waals surface area contributed by atoms with Crippen LogP contribution in [0.15, 0.2) is 78.9 Å². The SMILES string of the molecule is FC(F)(F)c1cccc(-c2cccc3c2C(C(F)(F)F)c2cc4c(cc2O3)Oc2ccccc2C4C(F)(F)F)c1. The van der Waals surface area contributed by atoms with E-state index in [-0.39, 0.29) is 39.7 Å². The highest BCUT2D eigenvalue weighted by Gasteiger charge is 2.51. The lowest BCUT2D eigenvalue weighted by Crippen LogP contribution is -2.28. The molecule has 6 rings (SSSR count). The standard InChI is InChI=1S/C29H15F9O2/c30-27(31,32)15-6-3-5-14(11-15)16-8-4-10-21-24(16)26(29(36,37)38)19-12-18-22(13-23(19)40-21)39-20-9-2-1-7-17(20)25(18)28(33,34)35/h1-13,25-26H. The molecule has 0 saturated heterocycles. The number of para-hydroxylation sites is 1. The number of hydrogen-bond acceptors (Lipinski definition) is 2. The summed E-state index contributed by atoms with van der Waals surface area (Å²) < 4.78 is 139. The molecular weight excluding hydrogens is 551 g/mol. The molecule has 40 heavy (non-hydrogen) atoms. The number of alkyl halides is 9. The molecule has 206 valence electrons. The maximum atomic E-state index is 14.8. The predicted octanol–water partition coefficient (Wildman–Crippen LogP) is 9.97. The predicted molar refractivity (Wildman–Crippen MR) is 126 cm³/mol. The fourth-order valence-corrected chi connectivity index (χ4v) is 5.33. The van der Waals surface area contributed by atoms with Crippen molar-refractivity contribution in [1.82, 2.24) is 0 Å². The van der Waals surface area contributed by atoms with Crippen LogP contribution in [0.2, 0.25) is 0 Å². The van der Waals surface area contributed by atoms with Crippen LogP contribution in [0.1, 0.15) is 39.7 Å². The first-order chi connectivity index (χ1) is 18.7. The van der Waals surface area contributed by atoms with Gasteiger partial charge >= 0.3 is 18.5 Å². The molecule has 2 unspecified atom stereocenters. The number of halogens is 9. The number of benzene rings is 4. The van der Waals surface area contributed by atoms with Crippen LogP contribution in [0.3, 0.4) is 0 Å². The van der Waals surface area contributed by atoms with Crippen molar-refractivity contribution in [3.8, 4) is 34.1 Å². The van der Waals surface area contributed by atoms with E-state index >= 15 is 0 Å². The zero-order valence-corrected chi connectivity index (χ0v) is 19.9. The summed E-state index contributed by atoms with van der Waals surface area (Å²) in [5.74, 6) is -5.81. The van der Waals surface area contributed by atoms with E-state index in [1.807, 2.05) is 0 Å². The van der Waals surface area contributed by atoms with E-state index in [4.69, 9.17) is 9.47 Å². The molecule has 2 nitrogen and oxygen atoms in total. The molecular formula is C29H15F9O2. The van der Waals surface area contributed by atoms with Crippen molar-refractivity contribution in [3.63, 3.8) is 0 Å². The molecule has 0 N–H and O–H groups in total. The van der Waals surface area contributed by atoms with Crippen molar-refractivity contribution < 1.29 is 49.0 Å². The van der Waals surface area contributed by atoms with E-state index in [0.717, 1.165) is 30.3 Å². The molecule has 2 atom stereocenters. The molecule has 2 aliphatic rings. The first kappa shape index (κ1) is 26.1. The van der Waals surface area contributed by atoms with Gasteiger partial charge in [-0.25, -0.2) is 0 Å². The number of fused-ring (bicyclic) bond motifs is 4. The number of rotatable bonds is 1. The van der Waals surface area contributed by atoms with Crippen molar-refractivity contribution in [3.05, 3.63) is 107 Å². The molecule has 2 aliphatic heterocycles. The zero-order valence-electron chi connectivity index (χ0n) is 19.9. The van der Waals surface area contributed by atoms with Gasteiger partial charge in [0, 0.05) is 28.3 Å². The van der Waals surface area contributed by atoms with Gasteiger partial charge in [-0.15, -0.1) is 0 Å². The van der Waals surface area contributed by atoms with Crippen LogP contribution in [0.5, 0.6) is 23.0 Å². The average molecular weight is 566 g/mol. The van der Waals surface area contributed by atoms with E-state index in [2.05, 4.69) is 0 Å². The molecule has 0 radical (unpaired) electrons. The molecule has 11 heteroatoms. The Morgan fingerprint density at radius 3 is 1.77 bits per heavy atom. The summed E-state index contributed by atoms with van der Waals surface area (Å²) in [4.78, 5) is 0. The average Bonchev–Trinajstić information content (AvgIpc) is 2.87. The molecule has 0 bridgehead atoms. The number of hydrogen-bond donors (Lipinski definition) is 0. The largest absolute Gasteiger partial charge is 0.457 e. The summed E-state index contributed by atoms with van der Waals surface area (Å²) >= 11 is 0. The third-order valence-corrected chi connectivity index (χ3v) is 6.94. The highest BCUT2D eigenvalue weighted by Crippen LogP contribution is 2.59. The summed E-state index contributed by atoms with van der Waals surface area (Å²) in [6, 6.07) is 14.7. The lowest BCUT2D eigenvalue weighted by molar-refractivity contribution is -0.143. The van der Waals surface area contributed by atoms with Gasteiger partial charge in [-0.05, 0) is 41.5 Å². The second-order valence-electron chi connectivity index (χ2n) is 9.42. The van der Waals surface area contributed by atoms with E-state index in [0.29, 0.717) is 0 Å². The van der Waals surface area contributed by atoms with Crippen LogP contribution in [0.25, 0.3) is 11.1 Å². The summed E-state index contributed by atoms with van der Waals surface area (Å²) in [7, 11) is 0. The molecule has 0 saturated carbocycles. The highest BCUT2D eigenvalue weighted by molar-refractivity contribution is 5.75. The third kappa shape index (κ3) is 4.24. The van der Waals surface area contributed by atoms with Crippen LogP contribution in [0, 0.1) is 0 Å². The Kier molecular flexibility index (Phi) is 5.66. The van der Waals surface area contributed by atoms with Gasteiger partial charge < -0.3 is 9.47 Å². The lowest BCUT2D eigenvalue weighted by atomic mass is 9.79. The monoisotopic (exact) mass is 566 g/mol. The first-order valence-electron chi connectivity index (χ1n) is 11.8. The molecule has 0 fully saturated rings. The van der Waals surface area contributed by atoms with E-state index < -0.39 is 52.6 Å². The molecule has 0 aliphatic carbocycles. The van der Waals surface area contributed by atoms with Gasteiger partial charge in [-0.2, -0.15) is 39.5 Å². The van der Waals surface area contributed by atoms with Crippen LogP contribution >= 0.6 is 0 Å². The van der Waals surface area contributed by atoms with Crippen molar-refractivity contribution in [2.75, 3.05) is 0 Å². The minimum atomic E-state index is -5.04. The highest BCUT2D eigenvalue weighted by atomic mass is 19.4. The van der Waals surface area contributed by atoms with Gasteiger partial charge in [-0.3, -0.25) is 0 Å². The zero-order chi connectivity index (χ0) is 28.6. The van der Waals surface area contributed by atoms with Crippen LogP contribution in [-0.4, -0.2) is 12.4 Å². The minimum Gasteiger partial charge on any atom is -0.457 e. The Labute approximate surface area is 220 Å². The Bertz CT molecular complexity index is 1630. The van der Waals surface area contributed by atoms with E-state index in [1.165, 1.54) is 48.5 Å². The Balaban J connectivity index is 1.57. The van der Waals surface area contributed by atoms with Crippen molar-refractivity contribution in [1.29, 1.82) is 0 Å². The third-order valence-electron chi connectivity index (χ3n) is 6.94. The van der Waals surface area contributed by atoms with Crippen LogP contribution < -0.4 is 9.47 Å². The van der Waals surface area contributed by atoms with Crippen molar-refractivity contribution in [2.24, 2.45) is 0 Å². The van der Waals surface area contributed by atoms with Crippen LogP contribution in [-0.2, 0) is 6.18 Å². The molecule has 0 spiro atoms. The van der Waals surface area contributed by atoms with Gasteiger partial charge in [0.2, 0.25) is 0 Å². The van der Waals surface area contributed by atoms with Gasteiger partial charge in [0.25, 0.3) is 0 Å². The summed E-state index contributed by atoms with van der Waals surface area (Å²) in [5, 5.41) is 0. The fraction of sp³-hybridized carbons (Fsp3) is 0.172. The normalized spacial score (nSPS) is 18.0. The lowest BCUT2D eigenvalue weighted by Gasteiger charge is -2.35. The minimum absolute atomic E-state index is 0.0901. The smallest absolute Gasteiger partial charge is 0.416 e. The first-order valence-corrected chi connectivity index (χ1v) is 11.8. The van der Waals surface area contributed by atoms with Crippen molar-refractivity contribution in [2.45, 2.75) is 30.4 Å². The Hall–Kier alpha value is -4.15. The van der Waals surface area contributed by atoms with Gasteiger partial charge in [0.15, 0.2) is 0 Å². The van der Waals surface area contributed by atoms with Gasteiger partial charge in [0.1, 0.15) is 34.8 Å². The maximum absolute atomic E-state index is 14.8. The molecule has 4 aromatic rings.